The zero-order chi connectivity index (χ0) is 11.4. The van der Waals surface area contributed by atoms with Crippen molar-refractivity contribution < 1.29 is 9.13 Å². The molecule has 1 saturated carbocycles. The summed E-state index contributed by atoms with van der Waals surface area (Å²) in [6.07, 6.45) is 3.95. The number of benzene rings is 1. The standard InChI is InChI=1S/C13H18FNO/c1-2-16-13-8-11(14)6-7-12(13)15-9-10-4-3-5-10/h6-8,10,15H,2-5,9H2,1H3. The molecule has 1 aliphatic carbocycles. The van der Waals surface area contributed by atoms with Gasteiger partial charge in [0.15, 0.2) is 0 Å². The van der Waals surface area contributed by atoms with E-state index in [0.29, 0.717) is 12.4 Å². The molecule has 0 bridgehead atoms. The van der Waals surface area contributed by atoms with Gasteiger partial charge in [0.25, 0.3) is 0 Å². The van der Waals surface area contributed by atoms with Gasteiger partial charge in [-0.25, -0.2) is 4.39 Å². The monoisotopic (exact) mass is 223 g/mol. The van der Waals surface area contributed by atoms with Crippen LogP contribution in [0.5, 0.6) is 5.75 Å². The summed E-state index contributed by atoms with van der Waals surface area (Å²) in [5.41, 5.74) is 0.898. The van der Waals surface area contributed by atoms with Crippen molar-refractivity contribution in [3.05, 3.63) is 24.0 Å². The highest BCUT2D eigenvalue weighted by Gasteiger charge is 2.17. The molecule has 3 heteroatoms. The maximum absolute atomic E-state index is 13.0. The molecule has 88 valence electrons. The molecule has 0 aliphatic heterocycles. The highest BCUT2D eigenvalue weighted by atomic mass is 19.1. The lowest BCUT2D eigenvalue weighted by Crippen LogP contribution is -2.21. The van der Waals surface area contributed by atoms with Crippen LogP contribution in [0.25, 0.3) is 0 Å². The third kappa shape index (κ3) is 2.65. The molecular formula is C13H18FNO. The molecule has 2 rings (SSSR count). The van der Waals surface area contributed by atoms with Crippen molar-refractivity contribution in [1.29, 1.82) is 0 Å². The number of anilines is 1. The first kappa shape index (κ1) is 11.2. The minimum Gasteiger partial charge on any atom is -0.492 e. The summed E-state index contributed by atoms with van der Waals surface area (Å²) < 4.78 is 18.4. The average Bonchev–Trinajstić information content (AvgIpc) is 2.19. The van der Waals surface area contributed by atoms with Gasteiger partial charge in [0.05, 0.1) is 12.3 Å². The molecule has 1 aromatic carbocycles. The Bertz CT molecular complexity index is 350. The average molecular weight is 223 g/mol. The van der Waals surface area contributed by atoms with Gasteiger partial charge in [-0.05, 0) is 37.8 Å². The minimum atomic E-state index is -0.252. The van der Waals surface area contributed by atoms with Crippen LogP contribution in [0, 0.1) is 11.7 Å². The molecule has 0 spiro atoms. The molecule has 2 nitrogen and oxygen atoms in total. The van der Waals surface area contributed by atoms with Gasteiger partial charge in [-0.2, -0.15) is 0 Å². The van der Waals surface area contributed by atoms with E-state index in [1.54, 1.807) is 6.07 Å². The molecule has 1 N–H and O–H groups in total. The summed E-state index contributed by atoms with van der Waals surface area (Å²) in [5, 5.41) is 3.34. The van der Waals surface area contributed by atoms with Gasteiger partial charge in [0.2, 0.25) is 0 Å². The van der Waals surface area contributed by atoms with Crippen LogP contribution in [0.1, 0.15) is 26.2 Å². The van der Waals surface area contributed by atoms with Crippen LogP contribution in [0.15, 0.2) is 18.2 Å². The van der Waals surface area contributed by atoms with E-state index in [2.05, 4.69) is 5.32 Å². The van der Waals surface area contributed by atoms with Crippen LogP contribution < -0.4 is 10.1 Å². The molecule has 0 saturated heterocycles. The highest BCUT2D eigenvalue weighted by molar-refractivity contribution is 5.56. The quantitative estimate of drug-likeness (QED) is 0.825. The molecule has 1 aromatic rings. The van der Waals surface area contributed by atoms with Gasteiger partial charge in [0, 0.05) is 12.6 Å². The summed E-state index contributed by atoms with van der Waals surface area (Å²) in [4.78, 5) is 0. The van der Waals surface area contributed by atoms with Gasteiger partial charge < -0.3 is 10.1 Å². The summed E-state index contributed by atoms with van der Waals surface area (Å²) in [6, 6.07) is 4.65. The second-order valence-corrected chi connectivity index (χ2v) is 4.25. The van der Waals surface area contributed by atoms with Crippen molar-refractivity contribution in [1.82, 2.24) is 0 Å². The molecule has 1 aliphatic rings. The number of hydrogen-bond donors (Lipinski definition) is 1. The van der Waals surface area contributed by atoms with E-state index in [9.17, 15) is 4.39 Å². The van der Waals surface area contributed by atoms with E-state index in [1.807, 2.05) is 6.92 Å². The Morgan fingerprint density at radius 1 is 1.44 bits per heavy atom. The Hall–Kier alpha value is -1.25. The van der Waals surface area contributed by atoms with Crippen molar-refractivity contribution in [2.24, 2.45) is 5.92 Å². The van der Waals surface area contributed by atoms with Crippen LogP contribution in [0.3, 0.4) is 0 Å². The van der Waals surface area contributed by atoms with Crippen LogP contribution in [0.2, 0.25) is 0 Å². The van der Waals surface area contributed by atoms with Gasteiger partial charge in [0.1, 0.15) is 11.6 Å². The lowest BCUT2D eigenvalue weighted by atomic mass is 9.85. The van der Waals surface area contributed by atoms with Crippen molar-refractivity contribution in [2.45, 2.75) is 26.2 Å². The predicted molar refractivity (Wildman–Crippen MR) is 63.4 cm³/mol. The van der Waals surface area contributed by atoms with Gasteiger partial charge in [-0.1, -0.05) is 6.42 Å². The molecule has 1 fully saturated rings. The Kier molecular flexibility index (Phi) is 3.65. The fraction of sp³-hybridized carbons (Fsp3) is 0.538. The third-order valence-electron chi connectivity index (χ3n) is 3.05. The minimum absolute atomic E-state index is 0.252. The maximum Gasteiger partial charge on any atom is 0.145 e. The van der Waals surface area contributed by atoms with Crippen molar-refractivity contribution >= 4 is 5.69 Å². The maximum atomic E-state index is 13.0. The molecule has 0 unspecified atom stereocenters. The zero-order valence-electron chi connectivity index (χ0n) is 9.63. The van der Waals surface area contributed by atoms with E-state index in [-0.39, 0.29) is 5.82 Å². The fourth-order valence-electron chi connectivity index (χ4n) is 1.87. The summed E-state index contributed by atoms with van der Waals surface area (Å²) in [6.45, 7) is 3.42. The Labute approximate surface area is 95.8 Å². The second kappa shape index (κ2) is 5.19. The SMILES string of the molecule is CCOc1cc(F)ccc1NCC1CCC1. The number of rotatable bonds is 5. The second-order valence-electron chi connectivity index (χ2n) is 4.25. The lowest BCUT2D eigenvalue weighted by Gasteiger charge is -2.26. The van der Waals surface area contributed by atoms with Gasteiger partial charge in [-0.15, -0.1) is 0 Å². The van der Waals surface area contributed by atoms with Gasteiger partial charge in [-0.3, -0.25) is 0 Å². The molecule has 0 radical (unpaired) electrons. The first-order valence-electron chi connectivity index (χ1n) is 5.96. The van der Waals surface area contributed by atoms with Crippen LogP contribution in [-0.4, -0.2) is 13.2 Å². The highest BCUT2D eigenvalue weighted by Crippen LogP contribution is 2.29. The number of halogens is 1. The first-order valence-corrected chi connectivity index (χ1v) is 5.96. The largest absolute Gasteiger partial charge is 0.492 e. The van der Waals surface area contributed by atoms with E-state index >= 15 is 0 Å². The van der Waals surface area contributed by atoms with Crippen LogP contribution in [0.4, 0.5) is 10.1 Å². The third-order valence-corrected chi connectivity index (χ3v) is 3.05. The van der Waals surface area contributed by atoms with E-state index < -0.39 is 0 Å². The molecule has 0 atom stereocenters. The van der Waals surface area contributed by atoms with E-state index in [0.717, 1.165) is 18.2 Å². The predicted octanol–water partition coefficient (Wildman–Crippen LogP) is 3.44. The summed E-state index contributed by atoms with van der Waals surface area (Å²) in [5.74, 6) is 1.14. The van der Waals surface area contributed by atoms with Crippen molar-refractivity contribution in [3.63, 3.8) is 0 Å². The van der Waals surface area contributed by atoms with Gasteiger partial charge >= 0.3 is 0 Å². The summed E-state index contributed by atoms with van der Waals surface area (Å²) in [7, 11) is 0. The molecule has 0 amide bonds. The molecule has 0 aromatic heterocycles. The molecule has 0 heterocycles. The lowest BCUT2D eigenvalue weighted by molar-refractivity contribution is 0.328. The van der Waals surface area contributed by atoms with Crippen LogP contribution in [-0.2, 0) is 0 Å². The summed E-state index contributed by atoms with van der Waals surface area (Å²) >= 11 is 0. The Morgan fingerprint density at radius 3 is 2.88 bits per heavy atom. The molecule has 16 heavy (non-hydrogen) atoms. The topological polar surface area (TPSA) is 21.3 Å². The first-order chi connectivity index (χ1) is 7.79. The number of hydrogen-bond acceptors (Lipinski definition) is 2. The van der Waals surface area contributed by atoms with E-state index in [4.69, 9.17) is 4.74 Å². The van der Waals surface area contributed by atoms with Crippen molar-refractivity contribution in [3.8, 4) is 5.75 Å². The molecular weight excluding hydrogens is 205 g/mol. The van der Waals surface area contributed by atoms with Crippen LogP contribution >= 0.6 is 0 Å². The van der Waals surface area contributed by atoms with E-state index in [1.165, 1.54) is 31.4 Å². The Balaban J connectivity index is 1.99. The smallest absolute Gasteiger partial charge is 0.145 e. The Morgan fingerprint density at radius 2 is 2.25 bits per heavy atom. The fourth-order valence-corrected chi connectivity index (χ4v) is 1.87. The normalized spacial score (nSPS) is 15.6. The van der Waals surface area contributed by atoms with Crippen molar-refractivity contribution in [2.75, 3.05) is 18.5 Å². The zero-order valence-corrected chi connectivity index (χ0v) is 9.63. The number of ether oxygens (including phenoxy) is 1. The number of nitrogens with one attached hydrogen (secondary N) is 1.